The fraction of sp³-hybridized carbons (Fsp3) is 0.458. The molecule has 32 heavy (non-hydrogen) atoms. The first-order valence-corrected chi connectivity index (χ1v) is 10.6. The molecule has 0 heterocycles. The highest BCUT2D eigenvalue weighted by atomic mass is 127. The maximum Gasteiger partial charge on any atom is 0.190 e. The van der Waals surface area contributed by atoms with Crippen molar-refractivity contribution in [1.29, 1.82) is 0 Å². The van der Waals surface area contributed by atoms with Crippen molar-refractivity contribution < 1.29 is 18.9 Å². The van der Waals surface area contributed by atoms with Gasteiger partial charge in [-0.15, -0.1) is 24.0 Å². The molecule has 0 aliphatic heterocycles. The van der Waals surface area contributed by atoms with Crippen LogP contribution >= 0.6 is 24.0 Å². The van der Waals surface area contributed by atoms with Crippen LogP contribution < -0.4 is 29.6 Å². The Morgan fingerprint density at radius 1 is 0.781 bits per heavy atom. The first-order valence-electron chi connectivity index (χ1n) is 10.6. The van der Waals surface area contributed by atoms with Gasteiger partial charge in [-0.25, -0.2) is 0 Å². The van der Waals surface area contributed by atoms with Crippen LogP contribution in [0.3, 0.4) is 0 Å². The Bertz CT molecular complexity index is 846. The van der Waals surface area contributed by atoms with Crippen molar-refractivity contribution in [1.82, 2.24) is 10.6 Å². The highest BCUT2D eigenvalue weighted by molar-refractivity contribution is 14.0. The summed E-state index contributed by atoms with van der Waals surface area (Å²) in [5.74, 6) is 3.84. The quantitative estimate of drug-likeness (QED) is 0.178. The molecule has 0 atom stereocenters. The Morgan fingerprint density at radius 2 is 1.34 bits per heavy atom. The van der Waals surface area contributed by atoms with Gasteiger partial charge in [-0.05, 0) is 61.6 Å². The van der Waals surface area contributed by atoms with Crippen molar-refractivity contribution in [3.05, 3.63) is 47.5 Å². The normalized spacial score (nSPS) is 10.7. The van der Waals surface area contributed by atoms with Gasteiger partial charge in [-0.2, -0.15) is 0 Å². The van der Waals surface area contributed by atoms with E-state index in [-0.39, 0.29) is 24.0 Å². The molecule has 0 bridgehead atoms. The number of benzene rings is 2. The van der Waals surface area contributed by atoms with E-state index in [1.165, 1.54) is 11.1 Å². The number of aliphatic imine (C=N–C) groups is 1. The number of halogens is 1. The molecule has 0 spiro atoms. The SMILES string of the molecule is CCOc1cc(CCCNC(=NC)NCCc2ccc(OC)c(OC)c2)ccc1OC.I. The molecule has 0 saturated carbocycles. The molecule has 2 N–H and O–H groups in total. The predicted octanol–water partition coefficient (Wildman–Crippen LogP) is 4.07. The Hall–Kier alpha value is -2.36. The molecule has 7 nitrogen and oxygen atoms in total. The smallest absolute Gasteiger partial charge is 0.190 e. The summed E-state index contributed by atoms with van der Waals surface area (Å²) in [7, 11) is 6.73. The molecule has 0 unspecified atom stereocenters. The van der Waals surface area contributed by atoms with Crippen molar-refractivity contribution in [2.75, 3.05) is 48.1 Å². The number of hydrogen-bond acceptors (Lipinski definition) is 5. The molecular formula is C24H36IN3O4. The first-order chi connectivity index (χ1) is 15.1. The van der Waals surface area contributed by atoms with Gasteiger partial charge >= 0.3 is 0 Å². The molecule has 2 rings (SSSR count). The second-order valence-electron chi connectivity index (χ2n) is 6.89. The van der Waals surface area contributed by atoms with Gasteiger partial charge in [0.15, 0.2) is 29.0 Å². The zero-order chi connectivity index (χ0) is 22.5. The third-order valence-corrected chi connectivity index (χ3v) is 4.84. The van der Waals surface area contributed by atoms with E-state index in [4.69, 9.17) is 18.9 Å². The lowest BCUT2D eigenvalue weighted by atomic mass is 10.1. The first kappa shape index (κ1) is 27.7. The fourth-order valence-corrected chi connectivity index (χ4v) is 3.23. The molecule has 0 fully saturated rings. The molecule has 8 heteroatoms. The summed E-state index contributed by atoms with van der Waals surface area (Å²) in [5, 5.41) is 6.72. The number of nitrogens with one attached hydrogen (secondary N) is 2. The molecule has 0 aromatic heterocycles. The maximum absolute atomic E-state index is 5.65. The Morgan fingerprint density at radius 3 is 1.94 bits per heavy atom. The van der Waals surface area contributed by atoms with Gasteiger partial charge in [0.1, 0.15) is 0 Å². The number of aryl methyl sites for hydroxylation is 1. The molecule has 2 aromatic carbocycles. The fourth-order valence-electron chi connectivity index (χ4n) is 3.23. The van der Waals surface area contributed by atoms with Crippen molar-refractivity contribution in [3.63, 3.8) is 0 Å². The van der Waals surface area contributed by atoms with E-state index >= 15 is 0 Å². The lowest BCUT2D eigenvalue weighted by Gasteiger charge is -2.13. The number of methoxy groups -OCH3 is 3. The molecule has 0 radical (unpaired) electrons. The van der Waals surface area contributed by atoms with Gasteiger partial charge in [0.2, 0.25) is 0 Å². The van der Waals surface area contributed by atoms with Gasteiger partial charge in [-0.3, -0.25) is 4.99 Å². The second kappa shape index (κ2) is 15.4. The predicted molar refractivity (Wildman–Crippen MR) is 141 cm³/mol. The van der Waals surface area contributed by atoms with Crippen molar-refractivity contribution in [2.45, 2.75) is 26.2 Å². The lowest BCUT2D eigenvalue weighted by molar-refractivity contribution is 0.310. The Labute approximate surface area is 208 Å². The van der Waals surface area contributed by atoms with E-state index in [0.29, 0.717) is 6.61 Å². The molecule has 0 amide bonds. The monoisotopic (exact) mass is 557 g/mol. The summed E-state index contributed by atoms with van der Waals surface area (Å²) >= 11 is 0. The number of hydrogen-bond donors (Lipinski definition) is 2. The van der Waals surface area contributed by atoms with E-state index in [2.05, 4.69) is 27.8 Å². The van der Waals surface area contributed by atoms with Crippen LogP contribution in [0, 0.1) is 0 Å². The van der Waals surface area contributed by atoms with E-state index in [0.717, 1.165) is 61.3 Å². The highest BCUT2D eigenvalue weighted by Gasteiger charge is 2.07. The van der Waals surface area contributed by atoms with Gasteiger partial charge < -0.3 is 29.6 Å². The molecule has 0 saturated heterocycles. The van der Waals surface area contributed by atoms with Gasteiger partial charge in [0, 0.05) is 20.1 Å². The van der Waals surface area contributed by atoms with Crippen molar-refractivity contribution in [3.8, 4) is 23.0 Å². The number of rotatable bonds is 12. The zero-order valence-electron chi connectivity index (χ0n) is 19.7. The summed E-state index contributed by atoms with van der Waals surface area (Å²) in [6.45, 7) is 4.18. The number of ether oxygens (including phenoxy) is 4. The Balaban J connectivity index is 0.00000512. The second-order valence-corrected chi connectivity index (χ2v) is 6.89. The van der Waals surface area contributed by atoms with Gasteiger partial charge in [0.05, 0.1) is 27.9 Å². The van der Waals surface area contributed by atoms with Gasteiger partial charge in [0.25, 0.3) is 0 Å². The molecular weight excluding hydrogens is 521 g/mol. The standard InChI is InChI=1S/C24H35N3O4.HI/c1-6-31-23-17-18(9-12-21(23)29-4)8-7-14-26-24(25-2)27-15-13-19-10-11-20(28-3)22(16-19)30-5;/h9-12,16-17H,6-8,13-15H2,1-5H3,(H2,25,26,27);1H. The molecule has 2 aromatic rings. The summed E-state index contributed by atoms with van der Waals surface area (Å²) in [6, 6.07) is 12.1. The van der Waals surface area contributed by atoms with E-state index in [9.17, 15) is 0 Å². The number of guanidine groups is 1. The average molecular weight is 557 g/mol. The molecule has 178 valence electrons. The van der Waals surface area contributed by atoms with Gasteiger partial charge in [-0.1, -0.05) is 12.1 Å². The summed E-state index contributed by atoms with van der Waals surface area (Å²) < 4.78 is 21.6. The van der Waals surface area contributed by atoms with E-state index in [1.807, 2.05) is 31.2 Å². The van der Waals surface area contributed by atoms with E-state index < -0.39 is 0 Å². The minimum Gasteiger partial charge on any atom is -0.493 e. The molecule has 0 aliphatic rings. The maximum atomic E-state index is 5.65. The topological polar surface area (TPSA) is 73.3 Å². The van der Waals surface area contributed by atoms with Crippen LogP contribution in [0.2, 0.25) is 0 Å². The number of nitrogens with zero attached hydrogens (tertiary/aromatic N) is 1. The molecule has 0 aliphatic carbocycles. The zero-order valence-corrected chi connectivity index (χ0v) is 22.0. The van der Waals surface area contributed by atoms with Crippen LogP contribution in [-0.4, -0.2) is 54.0 Å². The van der Waals surface area contributed by atoms with Crippen LogP contribution in [0.15, 0.2) is 41.4 Å². The van der Waals surface area contributed by atoms with Crippen LogP contribution in [0.5, 0.6) is 23.0 Å². The highest BCUT2D eigenvalue weighted by Crippen LogP contribution is 2.29. The van der Waals surface area contributed by atoms with Crippen LogP contribution in [0.25, 0.3) is 0 Å². The summed E-state index contributed by atoms with van der Waals surface area (Å²) in [5.41, 5.74) is 2.40. The van der Waals surface area contributed by atoms with Crippen LogP contribution in [0.1, 0.15) is 24.5 Å². The third kappa shape index (κ3) is 8.64. The minimum absolute atomic E-state index is 0. The minimum atomic E-state index is 0. The van der Waals surface area contributed by atoms with E-state index in [1.54, 1.807) is 28.4 Å². The lowest BCUT2D eigenvalue weighted by Crippen LogP contribution is -2.38. The average Bonchev–Trinajstić information content (AvgIpc) is 2.80. The largest absolute Gasteiger partial charge is 0.493 e. The Kier molecular flexibility index (Phi) is 13.4. The van der Waals surface area contributed by atoms with Crippen LogP contribution in [0.4, 0.5) is 0 Å². The third-order valence-electron chi connectivity index (χ3n) is 4.84. The van der Waals surface area contributed by atoms with Crippen molar-refractivity contribution >= 4 is 29.9 Å². The van der Waals surface area contributed by atoms with Crippen molar-refractivity contribution in [2.24, 2.45) is 4.99 Å². The van der Waals surface area contributed by atoms with Crippen LogP contribution in [-0.2, 0) is 12.8 Å². The summed E-state index contributed by atoms with van der Waals surface area (Å²) in [6.07, 6.45) is 2.78. The summed E-state index contributed by atoms with van der Waals surface area (Å²) in [4.78, 5) is 4.30.